The van der Waals surface area contributed by atoms with Crippen LogP contribution in [0.3, 0.4) is 0 Å². The second-order valence-electron chi connectivity index (χ2n) is 3.88. The van der Waals surface area contributed by atoms with E-state index in [0.29, 0.717) is 6.10 Å². The van der Waals surface area contributed by atoms with Gasteiger partial charge in [-0.05, 0) is 37.5 Å². The minimum atomic E-state index is 0.642. The summed E-state index contributed by atoms with van der Waals surface area (Å²) >= 11 is 0. The molecule has 1 aliphatic heterocycles. The van der Waals surface area contributed by atoms with Gasteiger partial charge in [-0.15, -0.1) is 0 Å². The Balaban J connectivity index is 1.84. The first-order chi connectivity index (χ1) is 4.86. The van der Waals surface area contributed by atoms with Gasteiger partial charge in [0.05, 0.1) is 6.10 Å². The van der Waals surface area contributed by atoms with Crippen molar-refractivity contribution in [2.45, 2.75) is 38.7 Å². The summed E-state index contributed by atoms with van der Waals surface area (Å²) in [6, 6.07) is 0. The molecule has 2 rings (SSSR count). The predicted octanol–water partition coefficient (Wildman–Crippen LogP) is 2.21. The number of ether oxygens (including phenoxy) is 1. The molecule has 58 valence electrons. The van der Waals surface area contributed by atoms with Gasteiger partial charge in [-0.2, -0.15) is 0 Å². The summed E-state index contributed by atoms with van der Waals surface area (Å²) in [6.07, 6.45) is 6.10. The molecule has 1 saturated heterocycles. The first-order valence-corrected chi connectivity index (χ1v) is 4.48. The van der Waals surface area contributed by atoms with E-state index in [0.717, 1.165) is 18.4 Å². The van der Waals surface area contributed by atoms with Crippen molar-refractivity contribution in [3.8, 4) is 0 Å². The summed E-state index contributed by atoms with van der Waals surface area (Å²) in [4.78, 5) is 0. The Labute approximate surface area is 62.8 Å². The van der Waals surface area contributed by atoms with Crippen LogP contribution < -0.4 is 0 Å². The van der Waals surface area contributed by atoms with Crippen LogP contribution in [0.4, 0.5) is 0 Å². The fourth-order valence-corrected chi connectivity index (χ4v) is 1.80. The molecule has 0 aromatic carbocycles. The molecule has 0 spiro atoms. The Hall–Kier alpha value is -0.0400. The minimum absolute atomic E-state index is 0.642. The lowest BCUT2D eigenvalue weighted by atomic mass is 9.95. The Kier molecular flexibility index (Phi) is 1.69. The fourth-order valence-electron chi connectivity index (χ4n) is 1.80. The maximum atomic E-state index is 5.67. The monoisotopic (exact) mass is 140 g/mol. The molecule has 0 radical (unpaired) electrons. The molecule has 1 aliphatic carbocycles. The van der Waals surface area contributed by atoms with Crippen LogP contribution in [-0.4, -0.2) is 12.7 Å². The van der Waals surface area contributed by atoms with Gasteiger partial charge < -0.3 is 4.74 Å². The average molecular weight is 140 g/mol. The molecule has 1 saturated carbocycles. The molecule has 2 atom stereocenters. The van der Waals surface area contributed by atoms with E-state index in [4.69, 9.17) is 4.74 Å². The Morgan fingerprint density at radius 3 is 2.60 bits per heavy atom. The second-order valence-corrected chi connectivity index (χ2v) is 3.88. The van der Waals surface area contributed by atoms with E-state index in [1.165, 1.54) is 25.7 Å². The zero-order valence-electron chi connectivity index (χ0n) is 6.68. The van der Waals surface area contributed by atoms with E-state index in [9.17, 15) is 0 Å². The molecule has 2 aliphatic rings. The van der Waals surface area contributed by atoms with Crippen LogP contribution in [0.2, 0.25) is 0 Å². The zero-order chi connectivity index (χ0) is 6.97. The Morgan fingerprint density at radius 2 is 2.00 bits per heavy atom. The summed E-state index contributed by atoms with van der Waals surface area (Å²) in [7, 11) is 0. The van der Waals surface area contributed by atoms with Crippen LogP contribution in [0, 0.1) is 11.8 Å². The van der Waals surface area contributed by atoms with Gasteiger partial charge in [-0.3, -0.25) is 0 Å². The standard InChI is InChI=1S/C9H16O/c1-7-4-5-10-9(6-7)8-2-3-8/h7-9H,2-6H2,1H3/t7-,9+/m0/s1. The molecule has 1 nitrogen and oxygen atoms in total. The molecular weight excluding hydrogens is 124 g/mol. The van der Waals surface area contributed by atoms with Crippen LogP contribution in [0.5, 0.6) is 0 Å². The van der Waals surface area contributed by atoms with Crippen LogP contribution in [0.15, 0.2) is 0 Å². The van der Waals surface area contributed by atoms with Crippen molar-refractivity contribution in [1.29, 1.82) is 0 Å². The van der Waals surface area contributed by atoms with Crippen molar-refractivity contribution in [3.05, 3.63) is 0 Å². The number of hydrogen-bond donors (Lipinski definition) is 0. The van der Waals surface area contributed by atoms with Gasteiger partial charge in [-0.25, -0.2) is 0 Å². The Bertz CT molecular complexity index is 118. The van der Waals surface area contributed by atoms with Gasteiger partial charge in [0.1, 0.15) is 0 Å². The third-order valence-corrected chi connectivity index (χ3v) is 2.73. The average Bonchev–Trinajstić information content (AvgIpc) is 2.68. The number of hydrogen-bond acceptors (Lipinski definition) is 1. The number of rotatable bonds is 1. The van der Waals surface area contributed by atoms with Crippen molar-refractivity contribution < 1.29 is 4.74 Å². The summed E-state index contributed by atoms with van der Waals surface area (Å²) in [5.74, 6) is 1.86. The lowest BCUT2D eigenvalue weighted by Gasteiger charge is -2.27. The van der Waals surface area contributed by atoms with E-state index >= 15 is 0 Å². The zero-order valence-corrected chi connectivity index (χ0v) is 6.68. The maximum absolute atomic E-state index is 5.67. The third-order valence-electron chi connectivity index (χ3n) is 2.73. The van der Waals surface area contributed by atoms with Crippen LogP contribution >= 0.6 is 0 Å². The van der Waals surface area contributed by atoms with Gasteiger partial charge in [0.25, 0.3) is 0 Å². The quantitative estimate of drug-likeness (QED) is 0.542. The van der Waals surface area contributed by atoms with E-state index in [-0.39, 0.29) is 0 Å². The SMILES string of the molecule is C[C@H]1CCO[C@@H](C2CC2)C1. The highest BCUT2D eigenvalue weighted by Gasteiger charge is 2.34. The van der Waals surface area contributed by atoms with Gasteiger partial charge in [0.2, 0.25) is 0 Å². The molecule has 0 N–H and O–H groups in total. The summed E-state index contributed by atoms with van der Waals surface area (Å²) < 4.78 is 5.67. The predicted molar refractivity (Wildman–Crippen MR) is 40.9 cm³/mol. The van der Waals surface area contributed by atoms with E-state index in [2.05, 4.69) is 6.92 Å². The van der Waals surface area contributed by atoms with E-state index in [1.54, 1.807) is 0 Å². The molecule has 0 aromatic heterocycles. The molecule has 0 unspecified atom stereocenters. The lowest BCUT2D eigenvalue weighted by molar-refractivity contribution is -0.0174. The largest absolute Gasteiger partial charge is 0.378 e. The summed E-state index contributed by atoms with van der Waals surface area (Å²) in [5, 5.41) is 0. The molecule has 0 amide bonds. The maximum Gasteiger partial charge on any atom is 0.0605 e. The highest BCUT2D eigenvalue weighted by molar-refractivity contribution is 4.84. The van der Waals surface area contributed by atoms with Gasteiger partial charge >= 0.3 is 0 Å². The van der Waals surface area contributed by atoms with Crippen LogP contribution in [0.1, 0.15) is 32.6 Å². The molecule has 10 heavy (non-hydrogen) atoms. The highest BCUT2D eigenvalue weighted by Crippen LogP contribution is 2.39. The highest BCUT2D eigenvalue weighted by atomic mass is 16.5. The molecule has 1 heterocycles. The second kappa shape index (κ2) is 2.54. The van der Waals surface area contributed by atoms with E-state index in [1.807, 2.05) is 0 Å². The minimum Gasteiger partial charge on any atom is -0.378 e. The van der Waals surface area contributed by atoms with Crippen molar-refractivity contribution >= 4 is 0 Å². The van der Waals surface area contributed by atoms with Crippen molar-refractivity contribution in [2.24, 2.45) is 11.8 Å². The smallest absolute Gasteiger partial charge is 0.0605 e. The van der Waals surface area contributed by atoms with Gasteiger partial charge in [0.15, 0.2) is 0 Å². The van der Waals surface area contributed by atoms with Crippen molar-refractivity contribution in [3.63, 3.8) is 0 Å². The van der Waals surface area contributed by atoms with Gasteiger partial charge in [0, 0.05) is 6.61 Å². The van der Waals surface area contributed by atoms with E-state index < -0.39 is 0 Å². The first-order valence-electron chi connectivity index (χ1n) is 4.48. The molecule has 2 fully saturated rings. The molecular formula is C9H16O. The van der Waals surface area contributed by atoms with Crippen LogP contribution in [0.25, 0.3) is 0 Å². The normalized spacial score (nSPS) is 41.7. The Morgan fingerprint density at radius 1 is 1.20 bits per heavy atom. The molecule has 0 bridgehead atoms. The lowest BCUT2D eigenvalue weighted by Crippen LogP contribution is -2.25. The third kappa shape index (κ3) is 1.34. The summed E-state index contributed by atoms with van der Waals surface area (Å²) in [5.41, 5.74) is 0. The first kappa shape index (κ1) is 6.66. The fraction of sp³-hybridized carbons (Fsp3) is 1.00. The van der Waals surface area contributed by atoms with Crippen molar-refractivity contribution in [1.82, 2.24) is 0 Å². The molecule has 0 aromatic rings. The van der Waals surface area contributed by atoms with Crippen LogP contribution in [-0.2, 0) is 4.74 Å². The van der Waals surface area contributed by atoms with Gasteiger partial charge in [-0.1, -0.05) is 6.92 Å². The van der Waals surface area contributed by atoms with Crippen molar-refractivity contribution in [2.75, 3.05) is 6.61 Å². The molecule has 1 heteroatoms. The topological polar surface area (TPSA) is 9.23 Å². The summed E-state index contributed by atoms with van der Waals surface area (Å²) in [6.45, 7) is 3.36.